The van der Waals surface area contributed by atoms with Gasteiger partial charge in [0.15, 0.2) is 9.84 Å². The van der Waals surface area contributed by atoms with E-state index in [1.165, 1.54) is 0 Å². The second-order valence-electron chi connectivity index (χ2n) is 3.08. The molecule has 3 nitrogen and oxygen atoms in total. The first-order chi connectivity index (χ1) is 5.49. The molecule has 6 heteroatoms. The van der Waals surface area contributed by atoms with Gasteiger partial charge in [0, 0.05) is 5.75 Å². The first-order valence-electron chi connectivity index (χ1n) is 3.75. The van der Waals surface area contributed by atoms with E-state index >= 15 is 0 Å². The second kappa shape index (κ2) is 4.07. The highest BCUT2D eigenvalue weighted by atomic mass is 35.7. The Kier molecular flexibility index (Phi) is 3.55. The zero-order valence-corrected chi connectivity index (χ0v) is 8.92. The van der Waals surface area contributed by atoms with Crippen LogP contribution in [0.5, 0.6) is 0 Å². The lowest BCUT2D eigenvalue weighted by Gasteiger charge is -2.19. The molecule has 0 bridgehead atoms. The third kappa shape index (κ3) is 3.41. The predicted octanol–water partition coefficient (Wildman–Crippen LogP) is 0.714. The van der Waals surface area contributed by atoms with Crippen molar-refractivity contribution in [1.29, 1.82) is 0 Å². The summed E-state index contributed by atoms with van der Waals surface area (Å²) in [7, 11) is 1.02. The van der Waals surface area contributed by atoms with Crippen LogP contribution in [0, 0.1) is 5.92 Å². The fourth-order valence-corrected chi connectivity index (χ4v) is 4.55. The summed E-state index contributed by atoms with van der Waals surface area (Å²) in [5, 5.41) is 0. The summed E-state index contributed by atoms with van der Waals surface area (Å²) in [4.78, 5) is 0. The molecule has 2 unspecified atom stereocenters. The minimum absolute atomic E-state index is 0.00193. The molecule has 0 aliphatic carbocycles. The van der Waals surface area contributed by atoms with E-state index in [1.807, 2.05) is 0 Å². The molecule has 1 saturated heterocycles. The smallest absolute Gasteiger partial charge is 0.150 e. The summed E-state index contributed by atoms with van der Waals surface area (Å²) in [6, 6.07) is 0. The van der Waals surface area contributed by atoms with Crippen molar-refractivity contribution in [2.45, 2.75) is 12.8 Å². The van der Waals surface area contributed by atoms with Crippen LogP contribution >= 0.6 is 10.7 Å². The van der Waals surface area contributed by atoms with E-state index in [0.717, 1.165) is 6.42 Å². The minimum Gasteiger partial charge on any atom is -0.243 e. The van der Waals surface area contributed by atoms with Gasteiger partial charge in [-0.2, -0.15) is 0 Å². The molecule has 1 aliphatic heterocycles. The fraction of sp³-hybridized carbons (Fsp3) is 1.00. The van der Waals surface area contributed by atoms with Gasteiger partial charge in [-0.15, -0.1) is 0 Å². The van der Waals surface area contributed by atoms with Gasteiger partial charge in [0.1, 0.15) is 10.0 Å². The van der Waals surface area contributed by atoms with Crippen LogP contribution in [-0.2, 0) is 19.9 Å². The molecule has 0 amide bonds. The number of rotatable bonds is 2. The van der Waals surface area contributed by atoms with Gasteiger partial charge in [-0.05, 0) is 29.4 Å². The van der Waals surface area contributed by atoms with Crippen LogP contribution in [0.4, 0.5) is 0 Å². The van der Waals surface area contributed by atoms with Crippen molar-refractivity contribution in [3.63, 3.8) is 0 Å². The van der Waals surface area contributed by atoms with E-state index < -0.39 is 19.9 Å². The quantitative estimate of drug-likeness (QED) is 0.657. The third-order valence-corrected chi connectivity index (χ3v) is 4.93. The van der Waals surface area contributed by atoms with Gasteiger partial charge < -0.3 is 0 Å². The normalized spacial score (nSPS) is 31.2. The molecular weight excluding hydrogens is 220 g/mol. The van der Waals surface area contributed by atoms with Crippen LogP contribution in [-0.4, -0.2) is 29.9 Å². The molecule has 0 aromatic heterocycles. The Labute approximate surface area is 79.4 Å². The third-order valence-electron chi connectivity index (χ3n) is 1.92. The Morgan fingerprint density at radius 3 is 2.67 bits per heavy atom. The van der Waals surface area contributed by atoms with Crippen molar-refractivity contribution < 1.29 is 12.6 Å². The molecule has 72 valence electrons. The summed E-state index contributed by atoms with van der Waals surface area (Å²) < 4.78 is 32.8. The Hall–Kier alpha value is 0.390. The number of hydrogen-bond donors (Lipinski definition) is 0. The monoisotopic (exact) mass is 230 g/mol. The molecule has 0 aromatic carbocycles. The molecule has 0 spiro atoms. The summed E-state index contributed by atoms with van der Waals surface area (Å²) in [6.07, 6.45) is 1.51. The molecule has 12 heavy (non-hydrogen) atoms. The lowest BCUT2D eigenvalue weighted by molar-refractivity contribution is 0.518. The maximum absolute atomic E-state index is 11.1. The Morgan fingerprint density at radius 1 is 1.50 bits per heavy atom. The summed E-state index contributed by atoms with van der Waals surface area (Å²) >= 11 is 0. The van der Waals surface area contributed by atoms with Gasteiger partial charge in [-0.3, -0.25) is 0 Å². The molecule has 0 saturated carbocycles. The standard InChI is InChI=1S/C6H11ClO3S2/c7-11(8)4-6-2-1-3-12(9,10)5-6/h6H,1-5H2. The van der Waals surface area contributed by atoms with E-state index in [9.17, 15) is 12.6 Å². The largest absolute Gasteiger partial charge is 0.243 e. The second-order valence-corrected chi connectivity index (χ2v) is 7.25. The van der Waals surface area contributed by atoms with Gasteiger partial charge in [-0.1, -0.05) is 0 Å². The molecular formula is C6H11ClO3S2. The van der Waals surface area contributed by atoms with Crippen molar-refractivity contribution in [3.8, 4) is 0 Å². The van der Waals surface area contributed by atoms with Gasteiger partial charge >= 0.3 is 0 Å². The Balaban J connectivity index is 2.53. The average molecular weight is 231 g/mol. The minimum atomic E-state index is -2.87. The van der Waals surface area contributed by atoms with E-state index in [2.05, 4.69) is 0 Å². The summed E-state index contributed by atoms with van der Waals surface area (Å²) in [6.45, 7) is 0. The Morgan fingerprint density at radius 2 is 2.17 bits per heavy atom. The summed E-state index contributed by atoms with van der Waals surface area (Å²) in [5.74, 6) is 0.743. The molecule has 1 heterocycles. The molecule has 0 aromatic rings. The lowest BCUT2D eigenvalue weighted by Crippen LogP contribution is -2.27. The van der Waals surface area contributed by atoms with Crippen LogP contribution in [0.25, 0.3) is 0 Å². The maximum Gasteiger partial charge on any atom is 0.150 e. The lowest BCUT2D eigenvalue weighted by atomic mass is 10.1. The van der Waals surface area contributed by atoms with Crippen LogP contribution < -0.4 is 0 Å². The van der Waals surface area contributed by atoms with Crippen molar-refractivity contribution in [3.05, 3.63) is 0 Å². The maximum atomic E-state index is 11.1. The molecule has 1 fully saturated rings. The van der Waals surface area contributed by atoms with E-state index in [-0.39, 0.29) is 17.4 Å². The van der Waals surface area contributed by atoms with Gasteiger partial charge in [0.2, 0.25) is 0 Å². The zero-order valence-electron chi connectivity index (χ0n) is 6.53. The zero-order chi connectivity index (χ0) is 9.19. The van der Waals surface area contributed by atoms with Crippen LogP contribution in [0.15, 0.2) is 0 Å². The molecule has 1 rings (SSSR count). The van der Waals surface area contributed by atoms with Gasteiger partial charge in [-0.25, -0.2) is 12.6 Å². The highest BCUT2D eigenvalue weighted by molar-refractivity contribution is 8.08. The van der Waals surface area contributed by atoms with E-state index in [0.29, 0.717) is 12.2 Å². The van der Waals surface area contributed by atoms with Crippen LogP contribution in [0.2, 0.25) is 0 Å². The van der Waals surface area contributed by atoms with E-state index in [1.54, 1.807) is 0 Å². The van der Waals surface area contributed by atoms with Gasteiger partial charge in [0.25, 0.3) is 0 Å². The van der Waals surface area contributed by atoms with Gasteiger partial charge in [0.05, 0.1) is 11.5 Å². The topological polar surface area (TPSA) is 51.2 Å². The van der Waals surface area contributed by atoms with Crippen molar-refractivity contribution in [1.82, 2.24) is 0 Å². The summed E-state index contributed by atoms with van der Waals surface area (Å²) in [5.41, 5.74) is 0. The number of halogens is 1. The fourth-order valence-electron chi connectivity index (χ4n) is 1.43. The average Bonchev–Trinajstić information content (AvgIpc) is 1.82. The molecule has 0 N–H and O–H groups in total. The van der Waals surface area contributed by atoms with Crippen molar-refractivity contribution in [2.75, 3.05) is 17.3 Å². The molecule has 1 aliphatic rings. The predicted molar refractivity (Wildman–Crippen MR) is 50.2 cm³/mol. The molecule has 2 atom stereocenters. The first-order valence-corrected chi connectivity index (χ1v) is 7.71. The number of sulfone groups is 1. The highest BCUT2D eigenvalue weighted by Crippen LogP contribution is 2.19. The Bertz CT molecular complexity index is 273. The van der Waals surface area contributed by atoms with Crippen LogP contribution in [0.1, 0.15) is 12.8 Å². The van der Waals surface area contributed by atoms with Crippen molar-refractivity contribution >= 4 is 30.5 Å². The van der Waals surface area contributed by atoms with E-state index in [4.69, 9.17) is 10.7 Å². The first kappa shape index (κ1) is 10.5. The van der Waals surface area contributed by atoms with Crippen LogP contribution in [0.3, 0.4) is 0 Å². The van der Waals surface area contributed by atoms with Crippen molar-refractivity contribution in [2.24, 2.45) is 5.92 Å². The SMILES string of the molecule is O=S(Cl)CC1CCCS(=O)(=O)C1. The molecule has 0 radical (unpaired) electrons. The highest BCUT2D eigenvalue weighted by Gasteiger charge is 2.25. The number of hydrogen-bond acceptors (Lipinski definition) is 3.